The molecule has 1 aliphatic rings. The summed E-state index contributed by atoms with van der Waals surface area (Å²) in [5.74, 6) is -0.369. The van der Waals surface area contributed by atoms with Gasteiger partial charge >= 0.3 is 0 Å². The molecule has 0 aliphatic carbocycles. The summed E-state index contributed by atoms with van der Waals surface area (Å²) in [6, 6.07) is 9.72. The molecule has 1 aromatic carbocycles. The predicted molar refractivity (Wildman–Crippen MR) is 128 cm³/mol. The number of nitrogens with two attached hydrogens (primary N) is 2. The fourth-order valence-corrected chi connectivity index (χ4v) is 3.46. The van der Waals surface area contributed by atoms with Crippen LogP contribution in [0.4, 0.5) is 17.2 Å². The number of ether oxygens (including phenoxy) is 1. The number of amides is 1. The first kappa shape index (κ1) is 24.1. The number of aromatic nitrogens is 3. The number of hydrogen-bond acceptors (Lipinski definition) is 9. The molecule has 2 aromatic heterocycles. The third-order valence-electron chi connectivity index (χ3n) is 5.10. The molecule has 1 aliphatic heterocycles. The molecular formula is C23H29N7O3. The van der Waals surface area contributed by atoms with Gasteiger partial charge in [-0.2, -0.15) is 0 Å². The van der Waals surface area contributed by atoms with E-state index in [-0.39, 0.29) is 11.5 Å². The summed E-state index contributed by atoms with van der Waals surface area (Å²) in [6.07, 6.45) is 5.68. The number of morpholine rings is 1. The lowest BCUT2D eigenvalue weighted by atomic mass is 10.1. The van der Waals surface area contributed by atoms with Crippen LogP contribution in [0.2, 0.25) is 0 Å². The summed E-state index contributed by atoms with van der Waals surface area (Å²) in [5.41, 5.74) is 15.7. The molecule has 0 saturated carbocycles. The molecule has 0 unspecified atom stereocenters. The number of pyridine rings is 1. The Bertz CT molecular complexity index is 1050. The lowest BCUT2D eigenvalue weighted by Crippen LogP contribution is -2.36. The summed E-state index contributed by atoms with van der Waals surface area (Å²) >= 11 is 0. The zero-order chi connectivity index (χ0) is 23.6. The van der Waals surface area contributed by atoms with Crippen molar-refractivity contribution in [1.29, 1.82) is 0 Å². The molecule has 3 aromatic rings. The lowest BCUT2D eigenvalue weighted by molar-refractivity contribution is 0.102. The highest BCUT2D eigenvalue weighted by Gasteiger charge is 2.19. The molecule has 10 nitrogen and oxygen atoms in total. The van der Waals surface area contributed by atoms with Crippen LogP contribution in [-0.4, -0.2) is 65.9 Å². The van der Waals surface area contributed by atoms with Crippen LogP contribution in [0.15, 0.2) is 48.9 Å². The highest BCUT2D eigenvalue weighted by atomic mass is 16.5. The van der Waals surface area contributed by atoms with Crippen LogP contribution in [0, 0.1) is 0 Å². The second kappa shape index (κ2) is 11.9. The minimum Gasteiger partial charge on any atom is -0.400 e. The second-order valence-corrected chi connectivity index (χ2v) is 7.17. The summed E-state index contributed by atoms with van der Waals surface area (Å²) in [6.45, 7) is 3.35. The highest BCUT2D eigenvalue weighted by Crippen LogP contribution is 2.26. The van der Waals surface area contributed by atoms with E-state index in [1.54, 1.807) is 18.6 Å². The van der Waals surface area contributed by atoms with Gasteiger partial charge in [0.25, 0.3) is 5.91 Å². The molecule has 174 valence electrons. The van der Waals surface area contributed by atoms with Crippen LogP contribution in [0.25, 0.3) is 11.3 Å². The van der Waals surface area contributed by atoms with Crippen molar-refractivity contribution >= 4 is 23.1 Å². The Morgan fingerprint density at radius 1 is 1.15 bits per heavy atom. The maximum atomic E-state index is 13.0. The van der Waals surface area contributed by atoms with Gasteiger partial charge in [0.1, 0.15) is 0 Å². The predicted octanol–water partition coefficient (Wildman–Crippen LogP) is 1.32. The van der Waals surface area contributed by atoms with Gasteiger partial charge in [-0.3, -0.25) is 9.78 Å². The molecule has 0 radical (unpaired) electrons. The summed E-state index contributed by atoms with van der Waals surface area (Å²) in [7, 11) is 1.00. The van der Waals surface area contributed by atoms with E-state index in [4.69, 9.17) is 21.3 Å². The summed E-state index contributed by atoms with van der Waals surface area (Å²) in [4.78, 5) is 28.0. The molecule has 1 saturated heterocycles. The van der Waals surface area contributed by atoms with Crippen LogP contribution in [0.5, 0.6) is 0 Å². The topological polar surface area (TPSA) is 153 Å². The third-order valence-corrected chi connectivity index (χ3v) is 5.10. The van der Waals surface area contributed by atoms with Crippen molar-refractivity contribution < 1.29 is 14.6 Å². The van der Waals surface area contributed by atoms with E-state index in [1.807, 2.05) is 30.3 Å². The Morgan fingerprint density at radius 3 is 2.58 bits per heavy atom. The van der Waals surface area contributed by atoms with E-state index in [9.17, 15) is 4.79 Å². The first-order valence-electron chi connectivity index (χ1n) is 10.6. The van der Waals surface area contributed by atoms with Gasteiger partial charge in [0, 0.05) is 32.0 Å². The monoisotopic (exact) mass is 451 g/mol. The van der Waals surface area contributed by atoms with Crippen molar-refractivity contribution in [2.45, 2.75) is 6.42 Å². The molecule has 6 N–H and O–H groups in total. The first-order valence-corrected chi connectivity index (χ1v) is 10.6. The minimum atomic E-state index is -0.436. The van der Waals surface area contributed by atoms with Crippen molar-refractivity contribution in [2.75, 3.05) is 55.9 Å². The van der Waals surface area contributed by atoms with Gasteiger partial charge in [0.2, 0.25) is 0 Å². The van der Waals surface area contributed by atoms with Crippen molar-refractivity contribution in [3.63, 3.8) is 0 Å². The van der Waals surface area contributed by atoms with E-state index in [0.29, 0.717) is 31.1 Å². The van der Waals surface area contributed by atoms with Crippen molar-refractivity contribution in [1.82, 2.24) is 15.0 Å². The van der Waals surface area contributed by atoms with Gasteiger partial charge in [0.05, 0.1) is 42.7 Å². The van der Waals surface area contributed by atoms with Gasteiger partial charge in [-0.25, -0.2) is 9.97 Å². The molecule has 1 amide bonds. The van der Waals surface area contributed by atoms with E-state index >= 15 is 0 Å². The normalized spacial score (nSPS) is 13.1. The number of aliphatic hydroxyl groups excluding tert-OH is 1. The Kier molecular flexibility index (Phi) is 8.64. The SMILES string of the molecule is CO.NCCc1ccc(-c2cnc(N)c(C(=O)Nc3cnccc3N3CCOCC3)n2)cc1. The van der Waals surface area contributed by atoms with Crippen molar-refractivity contribution in [2.24, 2.45) is 5.73 Å². The molecule has 0 atom stereocenters. The van der Waals surface area contributed by atoms with E-state index in [2.05, 4.69) is 25.2 Å². The average molecular weight is 452 g/mol. The smallest absolute Gasteiger partial charge is 0.278 e. The number of nitrogen functional groups attached to an aromatic ring is 1. The van der Waals surface area contributed by atoms with Crippen molar-refractivity contribution in [3.05, 3.63) is 60.2 Å². The standard InChI is InChI=1S/C22H25N7O2.CH4O/c23-7-5-15-1-3-16(4-2-15)17-14-26-21(24)20(27-17)22(30)28-18-13-25-8-6-19(18)29-9-11-31-12-10-29;1-2/h1-4,6,8,13-14H,5,7,9-12,23H2,(H2,24,26)(H,28,30);2H,1H3. The number of carbonyl (C=O) groups excluding carboxylic acids is 1. The second-order valence-electron chi connectivity index (χ2n) is 7.17. The molecule has 0 spiro atoms. The van der Waals surface area contributed by atoms with Gasteiger partial charge in [0.15, 0.2) is 11.5 Å². The molecule has 3 heterocycles. The quantitative estimate of drug-likeness (QED) is 0.434. The van der Waals surface area contributed by atoms with E-state index in [1.165, 1.54) is 0 Å². The zero-order valence-electron chi connectivity index (χ0n) is 18.6. The average Bonchev–Trinajstić information content (AvgIpc) is 2.87. The van der Waals surface area contributed by atoms with Crippen LogP contribution < -0.4 is 21.7 Å². The first-order chi connectivity index (χ1) is 16.2. The molecule has 0 bridgehead atoms. The molecule has 33 heavy (non-hydrogen) atoms. The number of aliphatic hydroxyl groups is 1. The largest absolute Gasteiger partial charge is 0.400 e. The number of nitrogens with zero attached hydrogens (tertiary/aromatic N) is 4. The zero-order valence-corrected chi connectivity index (χ0v) is 18.6. The molecular weight excluding hydrogens is 422 g/mol. The van der Waals surface area contributed by atoms with Gasteiger partial charge in [-0.1, -0.05) is 24.3 Å². The number of nitrogens with one attached hydrogen (secondary N) is 1. The maximum Gasteiger partial charge on any atom is 0.278 e. The number of anilines is 3. The Hall–Kier alpha value is -3.60. The summed E-state index contributed by atoms with van der Waals surface area (Å²) < 4.78 is 5.42. The van der Waals surface area contributed by atoms with Crippen molar-refractivity contribution in [3.8, 4) is 11.3 Å². The fraction of sp³-hybridized carbons (Fsp3) is 0.304. The number of carbonyl (C=O) groups is 1. The third kappa shape index (κ3) is 6.01. The molecule has 10 heteroatoms. The van der Waals surface area contributed by atoms with E-state index in [0.717, 1.165) is 43.4 Å². The van der Waals surface area contributed by atoms with Crippen LogP contribution in [0.1, 0.15) is 16.1 Å². The Morgan fingerprint density at radius 2 is 1.88 bits per heavy atom. The van der Waals surface area contributed by atoms with Gasteiger partial charge in [-0.15, -0.1) is 0 Å². The number of benzene rings is 1. The van der Waals surface area contributed by atoms with Gasteiger partial charge < -0.3 is 31.5 Å². The lowest BCUT2D eigenvalue weighted by Gasteiger charge is -2.30. The number of rotatable bonds is 6. The molecule has 4 rings (SSSR count). The van der Waals surface area contributed by atoms with Crippen LogP contribution in [-0.2, 0) is 11.2 Å². The molecule has 1 fully saturated rings. The Balaban J connectivity index is 0.00000149. The Labute approximate surface area is 192 Å². The van der Waals surface area contributed by atoms with Crippen LogP contribution in [0.3, 0.4) is 0 Å². The van der Waals surface area contributed by atoms with Gasteiger partial charge in [-0.05, 0) is 24.6 Å². The fourth-order valence-electron chi connectivity index (χ4n) is 3.46. The maximum absolute atomic E-state index is 13.0. The van der Waals surface area contributed by atoms with E-state index < -0.39 is 5.91 Å². The summed E-state index contributed by atoms with van der Waals surface area (Å²) in [5, 5.41) is 9.89. The highest BCUT2D eigenvalue weighted by molar-refractivity contribution is 6.07. The number of hydrogen-bond donors (Lipinski definition) is 4. The van der Waals surface area contributed by atoms with Crippen LogP contribution >= 0.6 is 0 Å². The minimum absolute atomic E-state index is 0.0674.